The zero-order valence-corrected chi connectivity index (χ0v) is 15.4. The van der Waals surface area contributed by atoms with Crippen LogP contribution in [0.1, 0.15) is 32.1 Å². The van der Waals surface area contributed by atoms with Gasteiger partial charge >= 0.3 is 0 Å². The Hall–Kier alpha value is -3.75. The number of nitrogens with one attached hydrogen (secondary N) is 2. The van der Waals surface area contributed by atoms with Gasteiger partial charge in [0.15, 0.2) is 23.3 Å². The summed E-state index contributed by atoms with van der Waals surface area (Å²) in [6.45, 7) is -0.130. The maximum atomic E-state index is 13.2. The number of hydrogen-bond acceptors (Lipinski definition) is 3. The van der Waals surface area contributed by atoms with Crippen LogP contribution >= 0.6 is 0 Å². The Labute approximate surface area is 168 Å². The molecule has 2 amide bonds. The Morgan fingerprint density at radius 1 is 0.667 bits per heavy atom. The van der Waals surface area contributed by atoms with E-state index in [0.717, 1.165) is 24.3 Å². The maximum absolute atomic E-state index is 13.2. The molecule has 154 valence electrons. The lowest BCUT2D eigenvalue weighted by Crippen LogP contribution is -2.27. The van der Waals surface area contributed by atoms with Gasteiger partial charge in [-0.25, -0.2) is 22.5 Å². The normalized spacial score (nSPS) is 10.5. The van der Waals surface area contributed by atoms with Crippen LogP contribution in [-0.2, 0) is 13.1 Å². The summed E-state index contributed by atoms with van der Waals surface area (Å²) in [7, 11) is 0. The first kappa shape index (κ1) is 21.0. The first-order valence-electron chi connectivity index (χ1n) is 8.75. The number of amides is 2. The summed E-state index contributed by atoms with van der Waals surface area (Å²) in [5.41, 5.74) is 0.585. The van der Waals surface area contributed by atoms with Gasteiger partial charge in [-0.05, 0) is 47.5 Å². The molecule has 0 aliphatic rings. The van der Waals surface area contributed by atoms with E-state index in [2.05, 4.69) is 15.6 Å². The fourth-order valence-electron chi connectivity index (χ4n) is 2.53. The molecule has 9 heteroatoms. The molecule has 30 heavy (non-hydrogen) atoms. The van der Waals surface area contributed by atoms with E-state index in [4.69, 9.17) is 0 Å². The van der Waals surface area contributed by atoms with Crippen molar-refractivity contribution in [2.45, 2.75) is 13.1 Å². The van der Waals surface area contributed by atoms with Crippen molar-refractivity contribution in [1.29, 1.82) is 0 Å². The number of carbonyl (C=O) groups is 2. The van der Waals surface area contributed by atoms with E-state index in [1.165, 1.54) is 30.3 Å². The molecule has 0 saturated carbocycles. The molecule has 2 N–H and O–H groups in total. The van der Waals surface area contributed by atoms with Gasteiger partial charge in [0, 0.05) is 13.1 Å². The molecule has 3 rings (SSSR count). The van der Waals surface area contributed by atoms with Crippen LogP contribution in [-0.4, -0.2) is 16.8 Å². The van der Waals surface area contributed by atoms with E-state index in [1.807, 2.05) is 0 Å². The molecule has 2 aromatic carbocycles. The lowest BCUT2D eigenvalue weighted by Gasteiger charge is -2.08. The minimum Gasteiger partial charge on any atom is -0.347 e. The average molecular weight is 417 g/mol. The summed E-state index contributed by atoms with van der Waals surface area (Å²) in [5.74, 6) is -5.27. The fraction of sp³-hybridized carbons (Fsp3) is 0.0952. The van der Waals surface area contributed by atoms with Crippen LogP contribution in [0.5, 0.6) is 0 Å². The van der Waals surface area contributed by atoms with Crippen LogP contribution in [0.3, 0.4) is 0 Å². The average Bonchev–Trinajstić information content (AvgIpc) is 2.75. The Bertz CT molecular complexity index is 1020. The van der Waals surface area contributed by atoms with Crippen LogP contribution in [0, 0.1) is 23.3 Å². The lowest BCUT2D eigenvalue weighted by molar-refractivity contribution is 0.0941. The van der Waals surface area contributed by atoms with E-state index in [1.54, 1.807) is 0 Å². The molecule has 0 aliphatic heterocycles. The highest BCUT2D eigenvalue weighted by atomic mass is 19.2. The van der Waals surface area contributed by atoms with Gasteiger partial charge in [-0.15, -0.1) is 0 Å². The number of hydrogen-bond donors (Lipinski definition) is 2. The van der Waals surface area contributed by atoms with Crippen molar-refractivity contribution in [2.75, 3.05) is 0 Å². The Morgan fingerprint density at radius 2 is 1.10 bits per heavy atom. The summed E-state index contributed by atoms with van der Waals surface area (Å²) in [5, 5.41) is 5.00. The standard InChI is InChI=1S/C21H15F4N3O2/c22-14-6-4-12(8-16(14)24)10-26-20(29)18-2-1-3-19(28-18)21(30)27-11-13-5-7-15(23)17(25)9-13/h1-9H,10-11H2,(H,26,29)(H,27,30). The number of nitrogens with zero attached hydrogens (tertiary/aromatic N) is 1. The highest BCUT2D eigenvalue weighted by Crippen LogP contribution is 2.10. The molecule has 0 fully saturated rings. The molecule has 0 radical (unpaired) electrons. The quantitative estimate of drug-likeness (QED) is 0.603. The maximum Gasteiger partial charge on any atom is 0.270 e. The Morgan fingerprint density at radius 3 is 1.50 bits per heavy atom. The van der Waals surface area contributed by atoms with Crippen molar-refractivity contribution in [2.24, 2.45) is 0 Å². The summed E-state index contributed by atoms with van der Waals surface area (Å²) in [6, 6.07) is 10.7. The van der Waals surface area contributed by atoms with E-state index < -0.39 is 35.1 Å². The molecule has 0 spiro atoms. The second-order valence-electron chi connectivity index (χ2n) is 6.27. The van der Waals surface area contributed by atoms with Crippen LogP contribution in [0.25, 0.3) is 0 Å². The summed E-state index contributed by atoms with van der Waals surface area (Å²) in [4.78, 5) is 28.5. The molecule has 3 aromatic rings. The van der Waals surface area contributed by atoms with Gasteiger partial charge in [-0.3, -0.25) is 9.59 Å². The van der Waals surface area contributed by atoms with Gasteiger partial charge in [0.25, 0.3) is 11.8 Å². The molecule has 0 aliphatic carbocycles. The summed E-state index contributed by atoms with van der Waals surface area (Å²) >= 11 is 0. The SMILES string of the molecule is O=C(NCc1ccc(F)c(F)c1)c1cccc(C(=O)NCc2ccc(F)c(F)c2)n1. The third kappa shape index (κ3) is 5.19. The lowest BCUT2D eigenvalue weighted by atomic mass is 10.2. The summed E-state index contributed by atoms with van der Waals surface area (Å²) in [6.07, 6.45) is 0. The molecule has 0 atom stereocenters. The topological polar surface area (TPSA) is 71.1 Å². The number of halogens is 4. The van der Waals surface area contributed by atoms with Crippen LogP contribution in [0.4, 0.5) is 17.6 Å². The zero-order valence-electron chi connectivity index (χ0n) is 15.4. The van der Waals surface area contributed by atoms with Crippen molar-refractivity contribution < 1.29 is 27.2 Å². The molecule has 0 saturated heterocycles. The van der Waals surface area contributed by atoms with E-state index in [9.17, 15) is 27.2 Å². The largest absolute Gasteiger partial charge is 0.347 e. The highest BCUT2D eigenvalue weighted by molar-refractivity contribution is 5.96. The van der Waals surface area contributed by atoms with E-state index >= 15 is 0 Å². The minimum absolute atomic E-state index is 0.0574. The van der Waals surface area contributed by atoms with Gasteiger partial charge < -0.3 is 10.6 Å². The van der Waals surface area contributed by atoms with Gasteiger partial charge in [-0.1, -0.05) is 18.2 Å². The molecular formula is C21H15F4N3O2. The van der Waals surface area contributed by atoms with Gasteiger partial charge in [0.05, 0.1) is 0 Å². The smallest absolute Gasteiger partial charge is 0.270 e. The van der Waals surface area contributed by atoms with Crippen LogP contribution < -0.4 is 10.6 Å². The first-order chi connectivity index (χ1) is 14.3. The van der Waals surface area contributed by atoms with Gasteiger partial charge in [-0.2, -0.15) is 0 Å². The predicted molar refractivity (Wildman–Crippen MR) is 99.3 cm³/mol. The number of benzene rings is 2. The highest BCUT2D eigenvalue weighted by Gasteiger charge is 2.13. The third-order valence-corrected chi connectivity index (χ3v) is 4.09. The van der Waals surface area contributed by atoms with E-state index in [-0.39, 0.29) is 24.5 Å². The van der Waals surface area contributed by atoms with Crippen molar-refractivity contribution in [3.05, 3.63) is 100 Å². The molecule has 0 bridgehead atoms. The van der Waals surface area contributed by atoms with E-state index in [0.29, 0.717) is 11.1 Å². The van der Waals surface area contributed by atoms with Crippen molar-refractivity contribution in [1.82, 2.24) is 15.6 Å². The van der Waals surface area contributed by atoms with Crippen molar-refractivity contribution in [3.8, 4) is 0 Å². The van der Waals surface area contributed by atoms with Crippen molar-refractivity contribution >= 4 is 11.8 Å². The minimum atomic E-state index is -1.03. The number of rotatable bonds is 6. The van der Waals surface area contributed by atoms with Crippen molar-refractivity contribution in [3.63, 3.8) is 0 Å². The second-order valence-corrected chi connectivity index (χ2v) is 6.27. The second kappa shape index (κ2) is 9.17. The zero-order chi connectivity index (χ0) is 21.7. The molecule has 0 unspecified atom stereocenters. The molecular weight excluding hydrogens is 402 g/mol. The Kier molecular flexibility index (Phi) is 6.41. The molecule has 5 nitrogen and oxygen atoms in total. The van der Waals surface area contributed by atoms with Gasteiger partial charge in [0.2, 0.25) is 0 Å². The van der Waals surface area contributed by atoms with Crippen LogP contribution in [0.15, 0.2) is 54.6 Å². The third-order valence-electron chi connectivity index (χ3n) is 4.09. The molecule has 1 aromatic heterocycles. The summed E-state index contributed by atoms with van der Waals surface area (Å²) < 4.78 is 52.3. The first-order valence-corrected chi connectivity index (χ1v) is 8.75. The monoisotopic (exact) mass is 417 g/mol. The fourth-order valence-corrected chi connectivity index (χ4v) is 2.53. The Balaban J connectivity index is 1.61. The predicted octanol–water partition coefficient (Wildman–Crippen LogP) is 3.50. The molecule has 1 heterocycles. The number of pyridine rings is 1. The van der Waals surface area contributed by atoms with Gasteiger partial charge in [0.1, 0.15) is 11.4 Å². The number of carbonyl (C=O) groups excluding carboxylic acids is 2. The van der Waals surface area contributed by atoms with Crippen LogP contribution in [0.2, 0.25) is 0 Å². The number of aromatic nitrogens is 1.